The summed E-state index contributed by atoms with van der Waals surface area (Å²) in [6.07, 6.45) is 0. The first-order chi connectivity index (χ1) is 5.77. The topological polar surface area (TPSA) is 0 Å². The molecule has 0 aromatic heterocycles. The molecular formula is C10H14AlI. The van der Waals surface area contributed by atoms with Gasteiger partial charge in [-0.15, -0.1) is 4.43 Å². The standard InChI is InChI=1S/C6H4I.2C2H5.Al/c7-6-4-2-1-3-5-6;2*1-2;/h2-5H;2*1H2,2H3;. The van der Waals surface area contributed by atoms with Crippen LogP contribution in [-0.2, 0) is 0 Å². The van der Waals surface area contributed by atoms with E-state index in [1.807, 2.05) is 0 Å². The van der Waals surface area contributed by atoms with Crippen molar-refractivity contribution in [2.45, 2.75) is 24.4 Å². The van der Waals surface area contributed by atoms with Crippen LogP contribution in [0.25, 0.3) is 0 Å². The van der Waals surface area contributed by atoms with Crippen LogP contribution in [0.3, 0.4) is 0 Å². The van der Waals surface area contributed by atoms with Crippen molar-refractivity contribution in [3.8, 4) is 0 Å². The predicted molar refractivity (Wildman–Crippen MR) is 65.5 cm³/mol. The Labute approximate surface area is 92.9 Å². The summed E-state index contributed by atoms with van der Waals surface area (Å²) in [5, 5.41) is 2.77. The molecule has 0 N–H and O–H groups in total. The normalized spacial score (nSPS) is 9.92. The molecule has 0 aliphatic heterocycles. The molecule has 0 amide bonds. The maximum absolute atomic E-state index is 2.36. The molecule has 2 heteroatoms. The molecular weight excluding hydrogens is 274 g/mol. The molecule has 64 valence electrons. The number of hydrogen-bond acceptors (Lipinski definition) is 0. The molecule has 1 rings (SSSR count). The van der Waals surface area contributed by atoms with E-state index in [1.54, 1.807) is 4.43 Å². The maximum atomic E-state index is 2.36. The third kappa shape index (κ3) is 2.76. The molecule has 0 fully saturated rings. The van der Waals surface area contributed by atoms with Crippen LogP contribution in [0.1, 0.15) is 13.8 Å². The van der Waals surface area contributed by atoms with Crippen molar-refractivity contribution in [1.29, 1.82) is 0 Å². The van der Waals surface area contributed by atoms with E-state index in [0.29, 0.717) is 0 Å². The predicted octanol–water partition coefficient (Wildman–Crippen LogP) is 3.03. The largest absolute Gasteiger partial charge is 0.305 e. The smallest absolute Gasteiger partial charge is 0.110 e. The third-order valence-electron chi connectivity index (χ3n) is 2.33. The van der Waals surface area contributed by atoms with E-state index >= 15 is 0 Å². The summed E-state index contributed by atoms with van der Waals surface area (Å²) in [6.45, 7) is 4.64. The first-order valence-corrected chi connectivity index (χ1v) is 7.82. The van der Waals surface area contributed by atoms with Crippen LogP contribution in [0.5, 0.6) is 0 Å². The van der Waals surface area contributed by atoms with Gasteiger partial charge >= 0.3 is 14.1 Å². The van der Waals surface area contributed by atoms with Crippen LogP contribution in [0.15, 0.2) is 24.3 Å². The van der Waals surface area contributed by atoms with Crippen molar-refractivity contribution in [3.63, 3.8) is 0 Å². The summed E-state index contributed by atoms with van der Waals surface area (Å²) in [4.78, 5) is 0. The van der Waals surface area contributed by atoms with Gasteiger partial charge in [0.2, 0.25) is 0 Å². The molecule has 0 saturated heterocycles. The molecule has 0 aliphatic carbocycles. The van der Waals surface area contributed by atoms with Crippen molar-refractivity contribution in [3.05, 3.63) is 27.8 Å². The highest BCUT2D eigenvalue weighted by Gasteiger charge is 2.13. The minimum Gasteiger partial charge on any atom is -0.110 e. The Hall–Kier alpha value is 0.482. The van der Waals surface area contributed by atoms with Gasteiger partial charge in [-0.2, -0.15) is 0 Å². The number of benzene rings is 1. The molecule has 0 atom stereocenters. The van der Waals surface area contributed by atoms with Crippen LogP contribution >= 0.6 is 22.6 Å². The van der Waals surface area contributed by atoms with Crippen LogP contribution in [0, 0.1) is 3.57 Å². The van der Waals surface area contributed by atoms with Crippen molar-refractivity contribution in [2.75, 3.05) is 0 Å². The van der Waals surface area contributed by atoms with Gasteiger partial charge in [-0.25, -0.2) is 0 Å². The average molecular weight is 288 g/mol. The second kappa shape index (κ2) is 5.26. The SMILES string of the molecule is C[CH2][Al]([CH2]C)[c]1ccc(I)cc1. The summed E-state index contributed by atoms with van der Waals surface area (Å²) >= 11 is 1.79. The second-order valence-corrected chi connectivity index (χ2v) is 8.00. The maximum Gasteiger partial charge on any atom is 0.305 e. The van der Waals surface area contributed by atoms with Gasteiger partial charge in [0.05, 0.1) is 0 Å². The number of rotatable bonds is 3. The van der Waals surface area contributed by atoms with Crippen molar-refractivity contribution in [1.82, 2.24) is 0 Å². The van der Waals surface area contributed by atoms with E-state index in [0.717, 1.165) is 0 Å². The summed E-state index contributed by atoms with van der Waals surface area (Å²) in [7, 11) is 0. The minimum atomic E-state index is -0.574. The highest BCUT2D eigenvalue weighted by Crippen LogP contribution is 2.04. The Bertz CT molecular complexity index is 226. The first-order valence-electron chi connectivity index (χ1n) is 4.53. The minimum absolute atomic E-state index is 0.574. The zero-order valence-electron chi connectivity index (χ0n) is 7.68. The van der Waals surface area contributed by atoms with Crippen LogP contribution in [0.4, 0.5) is 0 Å². The highest BCUT2D eigenvalue weighted by atomic mass is 127. The van der Waals surface area contributed by atoms with Gasteiger partial charge in [-0.3, -0.25) is 0 Å². The third-order valence-corrected chi connectivity index (χ3v) is 6.35. The zero-order valence-corrected chi connectivity index (χ0v) is 11.0. The van der Waals surface area contributed by atoms with Gasteiger partial charge in [-0.05, 0) is 22.6 Å². The molecule has 1 aromatic carbocycles. The lowest BCUT2D eigenvalue weighted by molar-refractivity contribution is 1.33. The lowest BCUT2D eigenvalue weighted by Gasteiger charge is -2.06. The number of halogens is 1. The molecule has 0 aliphatic rings. The Morgan fingerprint density at radius 1 is 1.08 bits per heavy atom. The Morgan fingerprint density at radius 3 is 2.00 bits per heavy atom. The summed E-state index contributed by atoms with van der Waals surface area (Å²) < 4.78 is 2.97. The Balaban J connectivity index is 2.80. The lowest BCUT2D eigenvalue weighted by atomic mass is 10.4. The second-order valence-electron chi connectivity index (χ2n) is 3.06. The summed E-state index contributed by atoms with van der Waals surface area (Å²) in [5.41, 5.74) is 0. The van der Waals surface area contributed by atoms with Crippen LogP contribution in [0.2, 0.25) is 10.6 Å². The van der Waals surface area contributed by atoms with Crippen molar-refractivity contribution >= 4 is 41.2 Å². The fraction of sp³-hybridized carbons (Fsp3) is 0.400. The monoisotopic (exact) mass is 288 g/mol. The van der Waals surface area contributed by atoms with Gasteiger partial charge in [-0.1, -0.05) is 48.7 Å². The molecule has 0 heterocycles. The van der Waals surface area contributed by atoms with Crippen LogP contribution < -0.4 is 4.43 Å². The van der Waals surface area contributed by atoms with Crippen molar-refractivity contribution < 1.29 is 0 Å². The molecule has 0 nitrogen and oxygen atoms in total. The van der Waals surface area contributed by atoms with Gasteiger partial charge in [0.25, 0.3) is 0 Å². The fourth-order valence-corrected chi connectivity index (χ4v) is 4.11. The average Bonchev–Trinajstić information content (AvgIpc) is 2.10. The van der Waals surface area contributed by atoms with Gasteiger partial charge in [0, 0.05) is 3.57 Å². The highest BCUT2D eigenvalue weighted by molar-refractivity contribution is 14.1. The van der Waals surface area contributed by atoms with E-state index in [2.05, 4.69) is 60.7 Å². The van der Waals surface area contributed by atoms with E-state index in [-0.39, 0.29) is 0 Å². The zero-order chi connectivity index (χ0) is 8.97. The van der Waals surface area contributed by atoms with E-state index in [4.69, 9.17) is 0 Å². The molecule has 0 spiro atoms. The molecule has 0 unspecified atom stereocenters. The van der Waals surface area contributed by atoms with Gasteiger partial charge < -0.3 is 0 Å². The van der Waals surface area contributed by atoms with Gasteiger partial charge in [0.1, 0.15) is 0 Å². The summed E-state index contributed by atoms with van der Waals surface area (Å²) in [6, 6.07) is 9.07. The fourth-order valence-electron chi connectivity index (χ4n) is 1.50. The van der Waals surface area contributed by atoms with E-state index in [1.165, 1.54) is 14.1 Å². The Morgan fingerprint density at radius 2 is 1.58 bits per heavy atom. The molecule has 0 saturated carbocycles. The molecule has 0 radical (unpaired) electrons. The molecule has 12 heavy (non-hydrogen) atoms. The first kappa shape index (κ1) is 10.6. The van der Waals surface area contributed by atoms with E-state index < -0.39 is 14.1 Å². The van der Waals surface area contributed by atoms with E-state index in [9.17, 15) is 0 Å². The number of hydrogen-bond donors (Lipinski definition) is 0. The van der Waals surface area contributed by atoms with Crippen LogP contribution in [-0.4, -0.2) is 14.1 Å². The molecule has 1 aromatic rings. The quantitative estimate of drug-likeness (QED) is 0.592. The Kier molecular flexibility index (Phi) is 4.63. The summed E-state index contributed by atoms with van der Waals surface area (Å²) in [5.74, 6) is 0. The van der Waals surface area contributed by atoms with Gasteiger partial charge in [0.15, 0.2) is 0 Å². The van der Waals surface area contributed by atoms with Crippen molar-refractivity contribution in [2.24, 2.45) is 0 Å². The lowest BCUT2D eigenvalue weighted by Crippen LogP contribution is -2.27. The molecule has 0 bridgehead atoms.